The van der Waals surface area contributed by atoms with Crippen molar-refractivity contribution in [3.8, 4) is 5.75 Å². The number of carbonyl (C=O) groups is 2. The van der Waals surface area contributed by atoms with Crippen LogP contribution in [0.1, 0.15) is 27.4 Å². The zero-order valence-corrected chi connectivity index (χ0v) is 14.7. The highest BCUT2D eigenvalue weighted by molar-refractivity contribution is 9.10. The third-order valence-electron chi connectivity index (χ3n) is 2.97. The highest BCUT2D eigenvalue weighted by Crippen LogP contribution is 2.23. The summed E-state index contributed by atoms with van der Waals surface area (Å²) in [5.74, 6) is -0.268. The molecule has 0 fully saturated rings. The van der Waals surface area contributed by atoms with Gasteiger partial charge in [-0.3, -0.25) is 4.79 Å². The average molecular weight is 398 g/mol. The summed E-state index contributed by atoms with van der Waals surface area (Å²) in [7, 11) is 0. The Labute approximate surface area is 146 Å². The molecule has 7 heteroatoms. The van der Waals surface area contributed by atoms with Crippen molar-refractivity contribution in [3.63, 3.8) is 0 Å². The Morgan fingerprint density at radius 2 is 2.00 bits per heavy atom. The first-order valence-electron chi connectivity index (χ1n) is 7.02. The van der Waals surface area contributed by atoms with Crippen LogP contribution in [0, 0.1) is 0 Å². The number of carboxylic acids is 1. The summed E-state index contributed by atoms with van der Waals surface area (Å²) in [5, 5.41) is 11.6. The smallest absolute Gasteiger partial charge is 0.345 e. The van der Waals surface area contributed by atoms with Gasteiger partial charge >= 0.3 is 5.97 Å². The first kappa shape index (κ1) is 17.5. The van der Waals surface area contributed by atoms with E-state index < -0.39 is 5.97 Å². The number of carbonyl (C=O) groups excluding carboxylic acids is 1. The van der Waals surface area contributed by atoms with Gasteiger partial charge < -0.3 is 15.2 Å². The van der Waals surface area contributed by atoms with E-state index in [4.69, 9.17) is 9.84 Å². The third kappa shape index (κ3) is 5.69. The summed E-state index contributed by atoms with van der Waals surface area (Å²) in [6.07, 6.45) is 0.972. The Balaban J connectivity index is 1.65. The number of thiophene rings is 1. The number of ether oxygens (including phenoxy) is 1. The fourth-order valence-corrected chi connectivity index (χ4v) is 3.02. The summed E-state index contributed by atoms with van der Waals surface area (Å²) in [6.45, 7) is 0.806. The quantitative estimate of drug-likeness (QED) is 0.666. The molecule has 0 aliphatic heterocycles. The maximum absolute atomic E-state index is 11.7. The van der Waals surface area contributed by atoms with Crippen LogP contribution in [0.3, 0.4) is 0 Å². The molecule has 0 unspecified atom stereocenters. The van der Waals surface area contributed by atoms with Crippen molar-refractivity contribution in [2.24, 2.45) is 0 Å². The molecule has 1 heterocycles. The van der Waals surface area contributed by atoms with Crippen molar-refractivity contribution in [1.29, 1.82) is 0 Å². The second kappa shape index (κ2) is 8.69. The van der Waals surface area contributed by atoms with Crippen LogP contribution >= 0.6 is 27.3 Å². The molecule has 1 aromatic carbocycles. The normalized spacial score (nSPS) is 10.3. The van der Waals surface area contributed by atoms with Crippen LogP contribution in [-0.4, -0.2) is 23.6 Å². The van der Waals surface area contributed by atoms with E-state index in [1.165, 1.54) is 11.3 Å². The number of hydrogen-bond acceptors (Lipinski definition) is 4. The zero-order chi connectivity index (χ0) is 16.7. The van der Waals surface area contributed by atoms with Crippen molar-refractivity contribution in [3.05, 3.63) is 50.6 Å². The molecule has 0 aliphatic rings. The Morgan fingerprint density at radius 1 is 1.22 bits per heavy atom. The standard InChI is InChI=1S/C16H16BrNO4S/c17-12-4-1-2-5-13(12)22-9-3-6-15(19)18-10-11-7-8-14(23-11)16(20)21/h1-2,4-5,7-8H,3,6,9-10H2,(H,18,19)(H,20,21). The molecule has 0 spiro atoms. The van der Waals surface area contributed by atoms with Gasteiger partial charge in [0.1, 0.15) is 10.6 Å². The van der Waals surface area contributed by atoms with E-state index in [9.17, 15) is 9.59 Å². The summed E-state index contributed by atoms with van der Waals surface area (Å²) in [5.41, 5.74) is 0. The molecule has 0 bridgehead atoms. The monoisotopic (exact) mass is 397 g/mol. The van der Waals surface area contributed by atoms with E-state index in [0.717, 1.165) is 15.1 Å². The molecule has 0 aliphatic carbocycles. The van der Waals surface area contributed by atoms with E-state index >= 15 is 0 Å². The second-order valence-electron chi connectivity index (χ2n) is 4.73. The van der Waals surface area contributed by atoms with E-state index in [0.29, 0.717) is 26.0 Å². The number of amides is 1. The first-order valence-corrected chi connectivity index (χ1v) is 8.63. The largest absolute Gasteiger partial charge is 0.492 e. The lowest BCUT2D eigenvalue weighted by Gasteiger charge is -2.08. The van der Waals surface area contributed by atoms with Gasteiger partial charge in [0.05, 0.1) is 17.6 Å². The fourth-order valence-electron chi connectivity index (χ4n) is 1.84. The number of benzene rings is 1. The van der Waals surface area contributed by atoms with Crippen molar-refractivity contribution in [1.82, 2.24) is 5.32 Å². The maximum Gasteiger partial charge on any atom is 0.345 e. The van der Waals surface area contributed by atoms with E-state index in [1.54, 1.807) is 12.1 Å². The minimum absolute atomic E-state index is 0.0778. The highest BCUT2D eigenvalue weighted by atomic mass is 79.9. The molecule has 0 radical (unpaired) electrons. The number of hydrogen-bond donors (Lipinski definition) is 2. The minimum atomic E-state index is -0.947. The molecule has 122 valence electrons. The van der Waals surface area contributed by atoms with Crippen molar-refractivity contribution in [2.45, 2.75) is 19.4 Å². The number of nitrogens with one attached hydrogen (secondary N) is 1. The molecule has 0 saturated heterocycles. The van der Waals surface area contributed by atoms with Crippen molar-refractivity contribution in [2.75, 3.05) is 6.61 Å². The summed E-state index contributed by atoms with van der Waals surface area (Å²) in [6, 6.07) is 10.8. The van der Waals surface area contributed by atoms with Crippen LogP contribution in [0.25, 0.3) is 0 Å². The number of para-hydroxylation sites is 1. The Hall–Kier alpha value is -1.86. The first-order chi connectivity index (χ1) is 11.1. The third-order valence-corrected chi connectivity index (χ3v) is 4.70. The van der Waals surface area contributed by atoms with Gasteiger partial charge in [-0.1, -0.05) is 12.1 Å². The molecular weight excluding hydrogens is 382 g/mol. The minimum Gasteiger partial charge on any atom is -0.492 e. The molecule has 0 saturated carbocycles. The molecule has 5 nitrogen and oxygen atoms in total. The van der Waals surface area contributed by atoms with Gasteiger partial charge in [-0.2, -0.15) is 0 Å². The molecule has 2 rings (SSSR count). The topological polar surface area (TPSA) is 75.6 Å². The van der Waals surface area contributed by atoms with E-state index in [1.807, 2.05) is 24.3 Å². The van der Waals surface area contributed by atoms with Gasteiger partial charge in [0.25, 0.3) is 0 Å². The summed E-state index contributed by atoms with van der Waals surface area (Å²) >= 11 is 4.56. The second-order valence-corrected chi connectivity index (χ2v) is 6.75. The summed E-state index contributed by atoms with van der Waals surface area (Å²) in [4.78, 5) is 23.6. The highest BCUT2D eigenvalue weighted by Gasteiger charge is 2.08. The van der Waals surface area contributed by atoms with E-state index in [2.05, 4.69) is 21.2 Å². The van der Waals surface area contributed by atoms with Gasteiger partial charge in [-0.15, -0.1) is 11.3 Å². The van der Waals surface area contributed by atoms with Crippen LogP contribution in [0.15, 0.2) is 40.9 Å². The number of rotatable bonds is 8. The van der Waals surface area contributed by atoms with Gasteiger partial charge in [0, 0.05) is 11.3 Å². The van der Waals surface area contributed by atoms with Crippen LogP contribution in [-0.2, 0) is 11.3 Å². The van der Waals surface area contributed by atoms with Crippen molar-refractivity contribution >= 4 is 39.1 Å². The average Bonchev–Trinajstić information content (AvgIpc) is 3.00. The van der Waals surface area contributed by atoms with Gasteiger partial charge in [-0.25, -0.2) is 4.79 Å². The van der Waals surface area contributed by atoms with Crippen LogP contribution in [0.2, 0.25) is 0 Å². The Morgan fingerprint density at radius 3 is 2.70 bits per heavy atom. The number of carboxylic acid groups (broad SMARTS) is 1. The predicted molar refractivity (Wildman–Crippen MR) is 92.0 cm³/mol. The molecule has 2 N–H and O–H groups in total. The van der Waals surface area contributed by atoms with Gasteiger partial charge in [-0.05, 0) is 46.6 Å². The van der Waals surface area contributed by atoms with E-state index in [-0.39, 0.29) is 10.8 Å². The van der Waals surface area contributed by atoms with Crippen LogP contribution in [0.5, 0.6) is 5.75 Å². The lowest BCUT2D eigenvalue weighted by molar-refractivity contribution is -0.121. The van der Waals surface area contributed by atoms with Gasteiger partial charge in [0.2, 0.25) is 5.91 Å². The molecular formula is C16H16BrNO4S. The Bertz CT molecular complexity index is 686. The molecule has 1 amide bonds. The molecule has 0 atom stereocenters. The molecule has 23 heavy (non-hydrogen) atoms. The maximum atomic E-state index is 11.7. The predicted octanol–water partition coefficient (Wildman–Crippen LogP) is 3.68. The lowest BCUT2D eigenvalue weighted by atomic mass is 10.3. The lowest BCUT2D eigenvalue weighted by Crippen LogP contribution is -2.22. The summed E-state index contributed by atoms with van der Waals surface area (Å²) < 4.78 is 6.48. The zero-order valence-electron chi connectivity index (χ0n) is 12.3. The number of halogens is 1. The number of aromatic carboxylic acids is 1. The molecule has 1 aromatic heterocycles. The van der Waals surface area contributed by atoms with Gasteiger partial charge in [0.15, 0.2) is 0 Å². The fraction of sp³-hybridized carbons (Fsp3) is 0.250. The van der Waals surface area contributed by atoms with Crippen LogP contribution in [0.4, 0.5) is 0 Å². The Kier molecular flexibility index (Phi) is 6.61. The molecule has 2 aromatic rings. The van der Waals surface area contributed by atoms with Crippen LogP contribution < -0.4 is 10.1 Å². The van der Waals surface area contributed by atoms with Crippen molar-refractivity contribution < 1.29 is 19.4 Å². The SMILES string of the molecule is O=C(CCCOc1ccccc1Br)NCc1ccc(C(=O)O)s1.